The van der Waals surface area contributed by atoms with Gasteiger partial charge in [-0.1, -0.05) is 101 Å². The summed E-state index contributed by atoms with van der Waals surface area (Å²) >= 11 is 0. The molecule has 0 saturated carbocycles. The van der Waals surface area contributed by atoms with E-state index < -0.39 is 16.4 Å². The Balaban J connectivity index is 3.07. The van der Waals surface area contributed by atoms with Crippen molar-refractivity contribution < 1.29 is 4.43 Å². The predicted molar refractivity (Wildman–Crippen MR) is 140 cm³/mol. The first-order chi connectivity index (χ1) is 13.8. The second kappa shape index (κ2) is 11.2. The average Bonchev–Trinajstić information content (AvgIpc) is 2.62. The summed E-state index contributed by atoms with van der Waals surface area (Å²) in [6, 6.07) is 8.81. The second-order valence-electron chi connectivity index (χ2n) is 11.0. The molecule has 0 bridgehead atoms. The summed E-state index contributed by atoms with van der Waals surface area (Å²) in [7, 11) is -3.51. The number of rotatable bonds is 9. The molecule has 1 nitrogen and oxygen atoms in total. The van der Waals surface area contributed by atoms with Gasteiger partial charge < -0.3 is 4.43 Å². The van der Waals surface area contributed by atoms with Gasteiger partial charge in [0.25, 0.3) is 0 Å². The fraction of sp³-hybridized carbons (Fsp3) is 0.704. The standard InChI is InChI=1S/C27H48OSi2/c1-20(2)29(21(3)4,22(5)6)18-17-26-13-15-27(16-14-26)19-28-30(23(7)8,24(9)10)25(11)12/h13-16,20-25H,19H2,1-12H3. The van der Waals surface area contributed by atoms with Gasteiger partial charge in [0.05, 0.1) is 6.61 Å². The van der Waals surface area contributed by atoms with Crippen LogP contribution in [0, 0.1) is 11.5 Å². The molecule has 1 aromatic rings. The lowest BCUT2D eigenvalue weighted by molar-refractivity contribution is 0.266. The highest BCUT2D eigenvalue weighted by Gasteiger charge is 2.45. The second-order valence-corrected chi connectivity index (χ2v) is 22.0. The summed E-state index contributed by atoms with van der Waals surface area (Å²) in [6.45, 7) is 29.0. The molecule has 0 N–H and O–H groups in total. The van der Waals surface area contributed by atoms with Gasteiger partial charge in [0.2, 0.25) is 8.32 Å². The Kier molecular flexibility index (Phi) is 10.1. The van der Waals surface area contributed by atoms with Crippen molar-refractivity contribution in [3.8, 4) is 11.5 Å². The summed E-state index contributed by atoms with van der Waals surface area (Å²) in [4.78, 5) is 0. The third kappa shape index (κ3) is 5.69. The Morgan fingerprint density at radius 3 is 1.37 bits per heavy atom. The van der Waals surface area contributed by atoms with E-state index in [0.717, 1.165) is 12.2 Å². The monoisotopic (exact) mass is 444 g/mol. The molecule has 1 rings (SSSR count). The zero-order valence-electron chi connectivity index (χ0n) is 21.9. The first-order valence-corrected chi connectivity index (χ1v) is 16.5. The Labute approximate surface area is 190 Å². The van der Waals surface area contributed by atoms with Crippen LogP contribution in [-0.4, -0.2) is 16.4 Å². The highest BCUT2D eigenvalue weighted by atomic mass is 28.4. The highest BCUT2D eigenvalue weighted by Crippen LogP contribution is 2.43. The van der Waals surface area contributed by atoms with Crippen LogP contribution in [0.15, 0.2) is 24.3 Å². The molecule has 0 unspecified atom stereocenters. The van der Waals surface area contributed by atoms with Crippen molar-refractivity contribution in [3.05, 3.63) is 35.4 Å². The Bertz CT molecular complexity index is 659. The molecule has 1 aromatic carbocycles. The van der Waals surface area contributed by atoms with Crippen LogP contribution in [0.2, 0.25) is 33.2 Å². The lowest BCUT2D eigenvalue weighted by atomic mass is 10.1. The van der Waals surface area contributed by atoms with Crippen molar-refractivity contribution >= 4 is 16.4 Å². The van der Waals surface area contributed by atoms with E-state index in [1.54, 1.807) is 0 Å². The lowest BCUT2D eigenvalue weighted by Crippen LogP contribution is -2.47. The van der Waals surface area contributed by atoms with Gasteiger partial charge >= 0.3 is 0 Å². The van der Waals surface area contributed by atoms with E-state index in [1.165, 1.54) is 5.56 Å². The molecule has 0 amide bonds. The van der Waals surface area contributed by atoms with Gasteiger partial charge in [0.15, 0.2) is 0 Å². The molecule has 0 fully saturated rings. The van der Waals surface area contributed by atoms with Crippen molar-refractivity contribution in [2.75, 3.05) is 0 Å². The van der Waals surface area contributed by atoms with Gasteiger partial charge in [-0.05, 0) is 50.9 Å². The summed E-state index contributed by atoms with van der Waals surface area (Å²) in [5, 5.41) is 0. The largest absolute Gasteiger partial charge is 0.412 e. The van der Waals surface area contributed by atoms with Crippen LogP contribution in [0.1, 0.15) is 94.2 Å². The topological polar surface area (TPSA) is 9.23 Å². The van der Waals surface area contributed by atoms with E-state index in [4.69, 9.17) is 4.43 Å². The van der Waals surface area contributed by atoms with Crippen LogP contribution < -0.4 is 0 Å². The molecule has 0 saturated heterocycles. The van der Waals surface area contributed by atoms with E-state index in [-0.39, 0.29) is 0 Å². The van der Waals surface area contributed by atoms with Gasteiger partial charge in [0.1, 0.15) is 8.07 Å². The fourth-order valence-electron chi connectivity index (χ4n) is 6.01. The normalized spacial score (nSPS) is 13.1. The van der Waals surface area contributed by atoms with Crippen molar-refractivity contribution in [2.45, 2.75) is 123 Å². The molecular formula is C27H48OSi2. The van der Waals surface area contributed by atoms with Gasteiger partial charge in [-0.25, -0.2) is 0 Å². The zero-order valence-corrected chi connectivity index (χ0v) is 23.9. The van der Waals surface area contributed by atoms with Crippen LogP contribution >= 0.6 is 0 Å². The molecule has 0 aliphatic carbocycles. The maximum Gasteiger partial charge on any atom is 0.200 e. The number of hydrogen-bond acceptors (Lipinski definition) is 1. The minimum Gasteiger partial charge on any atom is -0.412 e. The van der Waals surface area contributed by atoms with E-state index in [9.17, 15) is 0 Å². The molecule has 30 heavy (non-hydrogen) atoms. The molecular weight excluding hydrogens is 396 g/mol. The molecule has 0 atom stereocenters. The molecule has 0 spiro atoms. The number of benzene rings is 1. The molecule has 0 aromatic heterocycles. The van der Waals surface area contributed by atoms with E-state index in [2.05, 4.69) is 119 Å². The lowest BCUT2D eigenvalue weighted by Gasteiger charge is -2.42. The van der Waals surface area contributed by atoms with Gasteiger partial charge in [-0.3, -0.25) is 0 Å². The van der Waals surface area contributed by atoms with Crippen LogP contribution in [0.4, 0.5) is 0 Å². The van der Waals surface area contributed by atoms with E-state index in [0.29, 0.717) is 33.2 Å². The molecule has 0 aliphatic rings. The summed E-state index contributed by atoms with van der Waals surface area (Å²) in [5.74, 6) is 3.56. The van der Waals surface area contributed by atoms with Crippen molar-refractivity contribution in [1.82, 2.24) is 0 Å². The Hall–Kier alpha value is -0.826. The quantitative estimate of drug-likeness (QED) is 0.273. The summed E-state index contributed by atoms with van der Waals surface area (Å²) < 4.78 is 6.76. The highest BCUT2D eigenvalue weighted by molar-refractivity contribution is 6.90. The molecule has 3 heteroatoms. The maximum atomic E-state index is 6.76. The van der Waals surface area contributed by atoms with E-state index >= 15 is 0 Å². The zero-order chi connectivity index (χ0) is 23.3. The first-order valence-electron chi connectivity index (χ1n) is 12.1. The Morgan fingerprint density at radius 2 is 1.03 bits per heavy atom. The predicted octanol–water partition coefficient (Wildman–Crippen LogP) is 8.95. The van der Waals surface area contributed by atoms with Crippen molar-refractivity contribution in [1.29, 1.82) is 0 Å². The molecule has 0 radical (unpaired) electrons. The van der Waals surface area contributed by atoms with Gasteiger partial charge in [-0.15, -0.1) is 5.54 Å². The fourth-order valence-corrected chi connectivity index (χ4v) is 16.6. The van der Waals surface area contributed by atoms with Crippen LogP contribution in [0.3, 0.4) is 0 Å². The first kappa shape index (κ1) is 27.2. The maximum absolute atomic E-state index is 6.76. The smallest absolute Gasteiger partial charge is 0.200 e. The molecule has 0 aliphatic heterocycles. The SMILES string of the molecule is CC(C)[Si](C#Cc1ccc(CO[Si](C(C)C)(C(C)C)C(C)C)cc1)(C(C)C)C(C)C. The third-order valence-electron chi connectivity index (χ3n) is 7.44. The van der Waals surface area contributed by atoms with E-state index in [1.807, 2.05) is 0 Å². The summed E-state index contributed by atoms with van der Waals surface area (Å²) in [5.41, 5.74) is 10.1. The molecule has 0 heterocycles. The van der Waals surface area contributed by atoms with Gasteiger partial charge in [-0.2, -0.15) is 0 Å². The minimum atomic E-state index is -1.82. The van der Waals surface area contributed by atoms with Crippen LogP contribution in [0.25, 0.3) is 0 Å². The van der Waals surface area contributed by atoms with Crippen molar-refractivity contribution in [3.63, 3.8) is 0 Å². The number of hydrogen-bond donors (Lipinski definition) is 0. The van der Waals surface area contributed by atoms with Crippen molar-refractivity contribution in [2.24, 2.45) is 0 Å². The van der Waals surface area contributed by atoms with Crippen LogP contribution in [-0.2, 0) is 11.0 Å². The third-order valence-corrected chi connectivity index (χ3v) is 19.8. The Morgan fingerprint density at radius 1 is 0.633 bits per heavy atom. The average molecular weight is 445 g/mol. The minimum absolute atomic E-state index is 0.615. The summed E-state index contributed by atoms with van der Waals surface area (Å²) in [6.07, 6.45) is 0. The molecule has 170 valence electrons. The van der Waals surface area contributed by atoms with Gasteiger partial charge in [0, 0.05) is 5.56 Å². The van der Waals surface area contributed by atoms with Crippen LogP contribution in [0.5, 0.6) is 0 Å².